The molecule has 0 saturated heterocycles. The van der Waals surface area contributed by atoms with E-state index in [1.54, 1.807) is 38.3 Å². The van der Waals surface area contributed by atoms with E-state index in [1.165, 1.54) is 34.6 Å². The van der Waals surface area contributed by atoms with Gasteiger partial charge in [-0.3, -0.25) is 9.69 Å². The average molecular weight is 471 g/mol. The minimum absolute atomic E-state index is 0.0440. The number of rotatable bonds is 7. The fourth-order valence-electron chi connectivity index (χ4n) is 3.31. The lowest BCUT2D eigenvalue weighted by molar-refractivity contribution is 0.0983. The number of carbonyl (C=O) groups excluding carboxylic acids is 1. The van der Waals surface area contributed by atoms with Crippen molar-refractivity contribution in [2.45, 2.75) is 25.3 Å². The van der Waals surface area contributed by atoms with Gasteiger partial charge in [0, 0.05) is 5.56 Å². The molecule has 0 fully saturated rings. The van der Waals surface area contributed by atoms with Crippen LogP contribution in [0.25, 0.3) is 10.2 Å². The number of anilines is 1. The van der Waals surface area contributed by atoms with E-state index in [2.05, 4.69) is 0 Å². The van der Waals surface area contributed by atoms with Gasteiger partial charge in [-0.2, -0.15) is 0 Å². The minimum atomic E-state index is -3.45. The summed E-state index contributed by atoms with van der Waals surface area (Å²) in [6.07, 6.45) is 1.54. The second-order valence-corrected chi connectivity index (χ2v) is 10.4. The summed E-state index contributed by atoms with van der Waals surface area (Å²) in [5, 5.41) is 0.470. The lowest BCUT2D eigenvalue weighted by Crippen LogP contribution is -2.30. The summed E-state index contributed by atoms with van der Waals surface area (Å²) in [7, 11) is -1.87. The third-order valence-electron chi connectivity index (χ3n) is 5.10. The molecule has 0 unspecified atom stereocenters. The maximum Gasteiger partial charge on any atom is 0.260 e. The molecule has 2 heterocycles. The van der Waals surface area contributed by atoms with Crippen molar-refractivity contribution in [1.82, 2.24) is 4.98 Å². The van der Waals surface area contributed by atoms with Crippen molar-refractivity contribution in [3.8, 4) is 5.75 Å². The van der Waals surface area contributed by atoms with E-state index in [0.29, 0.717) is 22.2 Å². The Hall–Kier alpha value is -3.17. The topological polar surface area (TPSA) is 89.7 Å². The normalized spacial score (nSPS) is 11.6. The molecule has 0 radical (unpaired) electrons. The van der Waals surface area contributed by atoms with Crippen LogP contribution in [0.4, 0.5) is 5.13 Å². The van der Waals surface area contributed by atoms with E-state index in [4.69, 9.17) is 14.1 Å². The molecule has 0 aliphatic heterocycles. The Balaban J connectivity index is 1.82. The first-order valence-electron chi connectivity index (χ1n) is 9.95. The number of carbonyl (C=O) groups is 1. The second-order valence-electron chi connectivity index (χ2n) is 7.16. The van der Waals surface area contributed by atoms with Gasteiger partial charge < -0.3 is 9.15 Å². The lowest BCUT2D eigenvalue weighted by atomic mass is 10.2. The summed E-state index contributed by atoms with van der Waals surface area (Å²) >= 11 is 1.37. The predicted molar refractivity (Wildman–Crippen MR) is 124 cm³/mol. The first-order chi connectivity index (χ1) is 15.3. The zero-order valence-electron chi connectivity index (χ0n) is 17.9. The highest BCUT2D eigenvalue weighted by Gasteiger charge is 2.25. The Labute approximate surface area is 190 Å². The number of methoxy groups -OCH3 is 1. The van der Waals surface area contributed by atoms with Gasteiger partial charge in [0.25, 0.3) is 5.91 Å². The van der Waals surface area contributed by atoms with Gasteiger partial charge in [-0.25, -0.2) is 13.4 Å². The number of thiazole rings is 1. The lowest BCUT2D eigenvalue weighted by Gasteiger charge is -2.19. The van der Waals surface area contributed by atoms with Crippen LogP contribution in [0.3, 0.4) is 0 Å². The molecule has 0 aliphatic rings. The first kappa shape index (κ1) is 22.0. The van der Waals surface area contributed by atoms with E-state index in [9.17, 15) is 13.2 Å². The molecule has 7 nitrogen and oxygen atoms in total. The molecule has 0 saturated carbocycles. The van der Waals surface area contributed by atoms with E-state index in [0.717, 1.165) is 10.3 Å². The van der Waals surface area contributed by atoms with E-state index in [-0.39, 0.29) is 28.7 Å². The number of hydrogen-bond donors (Lipinski definition) is 0. The number of ether oxygens (including phenoxy) is 1. The molecule has 0 bridgehead atoms. The zero-order chi connectivity index (χ0) is 22.9. The number of furan rings is 1. The molecular formula is C23H22N2O5S2. The summed E-state index contributed by atoms with van der Waals surface area (Å²) in [6.45, 7) is 3.70. The minimum Gasteiger partial charge on any atom is -0.494 e. The second kappa shape index (κ2) is 8.76. The number of sulfone groups is 1. The van der Waals surface area contributed by atoms with Gasteiger partial charge in [0.15, 0.2) is 15.0 Å². The summed E-state index contributed by atoms with van der Waals surface area (Å²) < 4.78 is 36.5. The number of amides is 1. The van der Waals surface area contributed by atoms with Crippen LogP contribution in [-0.4, -0.2) is 32.2 Å². The van der Waals surface area contributed by atoms with Gasteiger partial charge in [0.1, 0.15) is 17.0 Å². The Morgan fingerprint density at radius 3 is 2.69 bits per heavy atom. The molecule has 0 N–H and O–H groups in total. The van der Waals surface area contributed by atoms with Crippen LogP contribution in [0.15, 0.2) is 64.1 Å². The highest BCUT2D eigenvalue weighted by Crippen LogP contribution is 2.37. The van der Waals surface area contributed by atoms with E-state index >= 15 is 0 Å². The zero-order valence-corrected chi connectivity index (χ0v) is 19.5. The molecule has 4 rings (SSSR count). The number of aryl methyl sites for hydroxylation is 1. The number of benzene rings is 2. The van der Waals surface area contributed by atoms with Crippen LogP contribution in [0.1, 0.15) is 28.6 Å². The highest BCUT2D eigenvalue weighted by atomic mass is 32.2. The van der Waals surface area contributed by atoms with Crippen molar-refractivity contribution in [3.05, 3.63) is 71.7 Å². The molecule has 0 aliphatic carbocycles. The molecule has 166 valence electrons. The molecule has 4 aromatic rings. The summed E-state index contributed by atoms with van der Waals surface area (Å²) in [4.78, 5) is 19.9. The van der Waals surface area contributed by atoms with Crippen LogP contribution in [-0.2, 0) is 16.4 Å². The highest BCUT2D eigenvalue weighted by molar-refractivity contribution is 7.91. The van der Waals surface area contributed by atoms with Crippen LogP contribution in [0.5, 0.6) is 5.75 Å². The largest absolute Gasteiger partial charge is 0.494 e. The summed E-state index contributed by atoms with van der Waals surface area (Å²) in [5.74, 6) is 0.788. The average Bonchev–Trinajstić information content (AvgIpc) is 3.48. The van der Waals surface area contributed by atoms with E-state index in [1.807, 2.05) is 19.1 Å². The SMILES string of the molecule is CCS(=O)(=O)c1cccc(C(=O)N(Cc2ccco2)c2nc3c(OC)ccc(C)c3s2)c1. The molecule has 2 aromatic heterocycles. The van der Waals surface area contributed by atoms with Crippen LogP contribution in [0, 0.1) is 6.92 Å². The fraction of sp³-hybridized carbons (Fsp3) is 0.217. The molecular weight excluding hydrogens is 448 g/mol. The summed E-state index contributed by atoms with van der Waals surface area (Å²) in [5.41, 5.74) is 1.95. The smallest absolute Gasteiger partial charge is 0.260 e. The van der Waals surface area contributed by atoms with Crippen molar-refractivity contribution < 1.29 is 22.4 Å². The Bertz CT molecular complexity index is 1370. The third kappa shape index (κ3) is 4.13. The van der Waals surface area contributed by atoms with Crippen molar-refractivity contribution in [3.63, 3.8) is 0 Å². The van der Waals surface area contributed by atoms with Crippen LogP contribution in [0.2, 0.25) is 0 Å². The molecule has 32 heavy (non-hydrogen) atoms. The third-order valence-corrected chi connectivity index (χ3v) is 8.05. The van der Waals surface area contributed by atoms with Crippen molar-refractivity contribution >= 4 is 42.4 Å². The molecule has 0 spiro atoms. The van der Waals surface area contributed by atoms with Gasteiger partial charge in [-0.05, 0) is 48.9 Å². The van der Waals surface area contributed by atoms with Crippen LogP contribution < -0.4 is 9.64 Å². The summed E-state index contributed by atoms with van der Waals surface area (Å²) in [6, 6.07) is 13.4. The van der Waals surface area contributed by atoms with Crippen molar-refractivity contribution in [2.24, 2.45) is 0 Å². The van der Waals surface area contributed by atoms with E-state index < -0.39 is 9.84 Å². The fourth-order valence-corrected chi connectivity index (χ4v) is 5.28. The van der Waals surface area contributed by atoms with Gasteiger partial charge in [0.05, 0.1) is 35.3 Å². The number of fused-ring (bicyclic) bond motifs is 1. The Morgan fingerprint density at radius 1 is 1.19 bits per heavy atom. The van der Waals surface area contributed by atoms with Gasteiger partial charge in [-0.15, -0.1) is 0 Å². The molecule has 1 amide bonds. The van der Waals surface area contributed by atoms with Gasteiger partial charge in [-0.1, -0.05) is 30.4 Å². The van der Waals surface area contributed by atoms with Gasteiger partial charge in [0.2, 0.25) is 0 Å². The van der Waals surface area contributed by atoms with Crippen LogP contribution >= 0.6 is 11.3 Å². The maximum atomic E-state index is 13.6. The molecule has 9 heteroatoms. The maximum absolute atomic E-state index is 13.6. The predicted octanol–water partition coefficient (Wildman–Crippen LogP) is 4.85. The Morgan fingerprint density at radius 2 is 2.00 bits per heavy atom. The van der Waals surface area contributed by atoms with Crippen molar-refractivity contribution in [1.29, 1.82) is 0 Å². The standard InChI is InChI=1S/C23H22N2O5S2/c1-4-32(27,28)18-9-5-7-16(13-18)22(26)25(14-17-8-6-12-30-17)23-24-20-19(29-3)11-10-15(2)21(20)31-23/h5-13H,4,14H2,1-3H3. The van der Waals surface area contributed by atoms with Gasteiger partial charge >= 0.3 is 0 Å². The number of hydrogen-bond acceptors (Lipinski definition) is 7. The quantitative estimate of drug-likeness (QED) is 0.384. The van der Waals surface area contributed by atoms with Crippen molar-refractivity contribution in [2.75, 3.05) is 17.8 Å². The number of nitrogens with zero attached hydrogens (tertiary/aromatic N) is 2. The molecule has 2 aromatic carbocycles. The monoisotopic (exact) mass is 470 g/mol. The first-order valence-corrected chi connectivity index (χ1v) is 12.4. The Kier molecular flexibility index (Phi) is 6.03. The number of aromatic nitrogens is 1. The molecule has 0 atom stereocenters.